The molecule has 5 nitrogen and oxygen atoms in total. The summed E-state index contributed by atoms with van der Waals surface area (Å²) in [7, 11) is 1.27. The maximum absolute atomic E-state index is 11.8. The predicted molar refractivity (Wildman–Crippen MR) is 73.3 cm³/mol. The summed E-state index contributed by atoms with van der Waals surface area (Å²) in [4.78, 5) is 23.4. The zero-order valence-electron chi connectivity index (χ0n) is 10.7. The van der Waals surface area contributed by atoms with Gasteiger partial charge in [0, 0.05) is 32.2 Å². The van der Waals surface area contributed by atoms with E-state index in [1.165, 1.54) is 7.11 Å². The summed E-state index contributed by atoms with van der Waals surface area (Å²) in [6.07, 6.45) is 5.27. The quantitative estimate of drug-likeness (QED) is 0.794. The van der Waals surface area contributed by atoms with Gasteiger partial charge in [0.15, 0.2) is 0 Å². The van der Waals surface area contributed by atoms with Crippen molar-refractivity contribution in [1.29, 1.82) is 0 Å². The molecule has 0 atom stereocenters. The van der Waals surface area contributed by atoms with Crippen molar-refractivity contribution in [2.24, 2.45) is 5.92 Å². The minimum atomic E-state index is -0.605. The van der Waals surface area contributed by atoms with Crippen molar-refractivity contribution >= 4 is 21.9 Å². The number of hydrogen-bond acceptors (Lipinski definition) is 4. The number of pyridine rings is 1. The predicted octanol–water partition coefficient (Wildman–Crippen LogP) is 1.82. The van der Waals surface area contributed by atoms with Gasteiger partial charge in [0.2, 0.25) is 5.43 Å². The molecule has 0 N–H and O–H groups in total. The van der Waals surface area contributed by atoms with E-state index >= 15 is 0 Å². The molecule has 0 aromatic carbocycles. The summed E-state index contributed by atoms with van der Waals surface area (Å²) in [5, 5.41) is 0. The number of esters is 1. The lowest BCUT2D eigenvalue weighted by molar-refractivity contribution is 0.0586. The monoisotopic (exact) mass is 329 g/mol. The number of rotatable bonds is 3. The molecular formula is C13H16BrNO4. The molecule has 104 valence electrons. The number of carbonyl (C=O) groups is 1. The van der Waals surface area contributed by atoms with Crippen LogP contribution in [0.15, 0.2) is 21.7 Å². The molecule has 2 heterocycles. The van der Waals surface area contributed by atoms with Crippen molar-refractivity contribution in [3.8, 4) is 0 Å². The van der Waals surface area contributed by atoms with Gasteiger partial charge in [-0.05, 0) is 34.7 Å². The third-order valence-electron chi connectivity index (χ3n) is 3.25. The smallest absolute Gasteiger partial charge is 0.343 e. The number of aromatic nitrogens is 1. The van der Waals surface area contributed by atoms with Gasteiger partial charge in [-0.25, -0.2) is 4.79 Å². The van der Waals surface area contributed by atoms with Crippen LogP contribution in [0.25, 0.3) is 0 Å². The highest BCUT2D eigenvalue weighted by molar-refractivity contribution is 9.10. The van der Waals surface area contributed by atoms with E-state index in [2.05, 4.69) is 20.7 Å². The van der Waals surface area contributed by atoms with Crippen molar-refractivity contribution in [1.82, 2.24) is 4.57 Å². The molecule has 1 saturated heterocycles. The van der Waals surface area contributed by atoms with E-state index in [0.717, 1.165) is 32.6 Å². The molecule has 1 aliphatic heterocycles. The fourth-order valence-corrected chi connectivity index (χ4v) is 2.66. The van der Waals surface area contributed by atoms with Gasteiger partial charge in [-0.2, -0.15) is 0 Å². The Morgan fingerprint density at radius 2 is 2.16 bits per heavy atom. The molecule has 0 spiro atoms. The molecule has 1 aliphatic rings. The minimum absolute atomic E-state index is 0.0592. The summed E-state index contributed by atoms with van der Waals surface area (Å²) in [5.74, 6) is -0.0966. The molecule has 1 aromatic heterocycles. The van der Waals surface area contributed by atoms with Crippen molar-refractivity contribution in [3.05, 3.63) is 32.7 Å². The van der Waals surface area contributed by atoms with Gasteiger partial charge in [0.05, 0.1) is 11.6 Å². The Labute approximate surface area is 119 Å². The molecule has 2 rings (SSSR count). The fraction of sp³-hybridized carbons (Fsp3) is 0.538. The third kappa shape index (κ3) is 3.45. The Morgan fingerprint density at radius 3 is 2.79 bits per heavy atom. The van der Waals surface area contributed by atoms with Crippen LogP contribution < -0.4 is 5.43 Å². The molecule has 0 unspecified atom stereocenters. The van der Waals surface area contributed by atoms with Crippen LogP contribution in [0.4, 0.5) is 0 Å². The highest BCUT2D eigenvalue weighted by Crippen LogP contribution is 2.17. The molecule has 0 aliphatic carbocycles. The molecule has 6 heteroatoms. The number of hydrogen-bond donors (Lipinski definition) is 0. The largest absolute Gasteiger partial charge is 0.465 e. The summed E-state index contributed by atoms with van der Waals surface area (Å²) in [5.41, 5.74) is -0.279. The van der Waals surface area contributed by atoms with Gasteiger partial charge in [-0.3, -0.25) is 4.79 Å². The molecule has 1 aromatic rings. The summed E-state index contributed by atoms with van der Waals surface area (Å²) >= 11 is 3.19. The molecular weight excluding hydrogens is 314 g/mol. The van der Waals surface area contributed by atoms with Crippen molar-refractivity contribution in [3.63, 3.8) is 0 Å². The van der Waals surface area contributed by atoms with Gasteiger partial charge in [-0.15, -0.1) is 0 Å². The first-order valence-corrected chi connectivity index (χ1v) is 6.96. The van der Waals surface area contributed by atoms with Crippen molar-refractivity contribution in [2.75, 3.05) is 20.3 Å². The van der Waals surface area contributed by atoms with Crippen LogP contribution in [0.1, 0.15) is 23.2 Å². The minimum Gasteiger partial charge on any atom is -0.465 e. The number of methoxy groups -OCH3 is 1. The van der Waals surface area contributed by atoms with Gasteiger partial charge in [0.25, 0.3) is 0 Å². The van der Waals surface area contributed by atoms with Gasteiger partial charge < -0.3 is 14.0 Å². The topological polar surface area (TPSA) is 57.5 Å². The maximum atomic E-state index is 11.8. The standard InChI is InChI=1S/C13H16BrNO4/c1-18-13(17)10-7-15(8-11(14)12(10)16)6-9-2-4-19-5-3-9/h7-9H,2-6H2,1H3. The second-order valence-corrected chi connectivity index (χ2v) is 5.45. The van der Waals surface area contributed by atoms with E-state index in [1.54, 1.807) is 12.4 Å². The molecule has 0 saturated carbocycles. The average molecular weight is 330 g/mol. The maximum Gasteiger partial charge on any atom is 0.343 e. The first kappa shape index (κ1) is 14.3. The van der Waals surface area contributed by atoms with Gasteiger partial charge in [-0.1, -0.05) is 0 Å². The number of ether oxygens (including phenoxy) is 2. The second kappa shape index (κ2) is 6.34. The average Bonchev–Trinajstić information content (AvgIpc) is 2.43. The van der Waals surface area contributed by atoms with Crippen LogP contribution in [0, 0.1) is 5.92 Å². The first-order valence-electron chi connectivity index (χ1n) is 6.17. The molecule has 0 amide bonds. The van der Waals surface area contributed by atoms with E-state index < -0.39 is 5.97 Å². The lowest BCUT2D eigenvalue weighted by Crippen LogP contribution is -2.24. The zero-order chi connectivity index (χ0) is 13.8. The van der Waals surface area contributed by atoms with Gasteiger partial charge >= 0.3 is 5.97 Å². The highest BCUT2D eigenvalue weighted by atomic mass is 79.9. The molecule has 1 fully saturated rings. The Kier molecular flexibility index (Phi) is 4.76. The Hall–Kier alpha value is -1.14. The van der Waals surface area contributed by atoms with E-state index in [9.17, 15) is 9.59 Å². The Bertz CT molecular complexity index is 520. The van der Waals surface area contributed by atoms with E-state index in [4.69, 9.17) is 4.74 Å². The highest BCUT2D eigenvalue weighted by Gasteiger charge is 2.17. The van der Waals surface area contributed by atoms with Crippen LogP contribution in [-0.2, 0) is 16.0 Å². The number of nitrogens with zero attached hydrogens (tertiary/aromatic N) is 1. The second-order valence-electron chi connectivity index (χ2n) is 4.59. The summed E-state index contributed by atoms with van der Waals surface area (Å²) in [6, 6.07) is 0. The molecule has 0 radical (unpaired) electrons. The van der Waals surface area contributed by atoms with Crippen LogP contribution in [-0.4, -0.2) is 30.9 Å². The van der Waals surface area contributed by atoms with Crippen LogP contribution in [0.5, 0.6) is 0 Å². The Balaban J connectivity index is 2.23. The van der Waals surface area contributed by atoms with Crippen molar-refractivity contribution < 1.29 is 14.3 Å². The molecule has 0 bridgehead atoms. The van der Waals surface area contributed by atoms with Crippen LogP contribution in [0.3, 0.4) is 0 Å². The van der Waals surface area contributed by atoms with Gasteiger partial charge in [0.1, 0.15) is 5.56 Å². The lowest BCUT2D eigenvalue weighted by Gasteiger charge is -2.23. The summed E-state index contributed by atoms with van der Waals surface area (Å²) < 4.78 is 12.2. The fourth-order valence-electron chi connectivity index (χ4n) is 2.18. The summed E-state index contributed by atoms with van der Waals surface area (Å²) in [6.45, 7) is 2.32. The zero-order valence-corrected chi connectivity index (χ0v) is 12.3. The van der Waals surface area contributed by atoms with E-state index in [1.807, 2.05) is 4.57 Å². The Morgan fingerprint density at radius 1 is 1.47 bits per heavy atom. The van der Waals surface area contributed by atoms with Crippen molar-refractivity contribution in [2.45, 2.75) is 19.4 Å². The number of halogens is 1. The molecule has 19 heavy (non-hydrogen) atoms. The third-order valence-corrected chi connectivity index (χ3v) is 3.82. The van der Waals surface area contributed by atoms with Crippen LogP contribution >= 0.6 is 15.9 Å². The normalized spacial score (nSPS) is 16.3. The SMILES string of the molecule is COC(=O)c1cn(CC2CCOCC2)cc(Br)c1=O. The van der Waals surface area contributed by atoms with Crippen LogP contribution in [0.2, 0.25) is 0 Å². The first-order chi connectivity index (χ1) is 9.11. The van der Waals surface area contributed by atoms with E-state index in [0.29, 0.717) is 10.4 Å². The number of carbonyl (C=O) groups excluding carboxylic acids is 1. The lowest BCUT2D eigenvalue weighted by atomic mass is 10.0. The van der Waals surface area contributed by atoms with E-state index in [-0.39, 0.29) is 11.0 Å².